The van der Waals surface area contributed by atoms with Crippen LogP contribution in [0.1, 0.15) is 15.9 Å². The van der Waals surface area contributed by atoms with E-state index in [1.165, 1.54) is 26.4 Å². The molecule has 0 fully saturated rings. The third kappa shape index (κ3) is 1.79. The van der Waals surface area contributed by atoms with Crippen molar-refractivity contribution in [2.45, 2.75) is 6.92 Å². The number of carboxylic acids is 1. The van der Waals surface area contributed by atoms with E-state index in [4.69, 9.17) is 9.47 Å². The van der Waals surface area contributed by atoms with Gasteiger partial charge in [0.15, 0.2) is 0 Å². The molecule has 0 aliphatic rings. The quantitative estimate of drug-likeness (QED) is 0.699. The molecule has 0 spiro atoms. The molecule has 76 valence electrons. The van der Waals surface area contributed by atoms with Gasteiger partial charge in [0.1, 0.15) is 11.5 Å². The van der Waals surface area contributed by atoms with Crippen molar-refractivity contribution in [3.63, 3.8) is 0 Å². The van der Waals surface area contributed by atoms with Crippen molar-refractivity contribution < 1.29 is 19.4 Å². The van der Waals surface area contributed by atoms with Gasteiger partial charge in [0, 0.05) is 11.6 Å². The Bertz CT molecular complexity index is 357. The van der Waals surface area contributed by atoms with Crippen LogP contribution in [0.15, 0.2) is 12.1 Å². The molecular formula is C10H11O4-. The predicted octanol–water partition coefficient (Wildman–Crippen LogP) is 0.376. The summed E-state index contributed by atoms with van der Waals surface area (Å²) >= 11 is 0. The predicted molar refractivity (Wildman–Crippen MR) is 48.6 cm³/mol. The fourth-order valence-electron chi connectivity index (χ4n) is 1.22. The van der Waals surface area contributed by atoms with Gasteiger partial charge < -0.3 is 19.4 Å². The van der Waals surface area contributed by atoms with Crippen LogP contribution < -0.4 is 14.6 Å². The van der Waals surface area contributed by atoms with Crippen molar-refractivity contribution in [1.29, 1.82) is 0 Å². The van der Waals surface area contributed by atoms with Gasteiger partial charge in [-0.1, -0.05) is 0 Å². The van der Waals surface area contributed by atoms with Crippen LogP contribution in [0, 0.1) is 6.92 Å². The Morgan fingerprint density at radius 1 is 1.21 bits per heavy atom. The molecule has 0 bridgehead atoms. The summed E-state index contributed by atoms with van der Waals surface area (Å²) in [4.78, 5) is 10.7. The summed E-state index contributed by atoms with van der Waals surface area (Å²) < 4.78 is 9.93. The highest BCUT2D eigenvalue weighted by molar-refractivity contribution is 5.89. The lowest BCUT2D eigenvalue weighted by molar-refractivity contribution is -0.255. The van der Waals surface area contributed by atoms with E-state index in [2.05, 4.69) is 0 Å². The average Bonchev–Trinajstić information content (AvgIpc) is 2.17. The molecule has 14 heavy (non-hydrogen) atoms. The lowest BCUT2D eigenvalue weighted by Crippen LogP contribution is -2.23. The second-order valence-electron chi connectivity index (χ2n) is 2.81. The van der Waals surface area contributed by atoms with Crippen molar-refractivity contribution in [3.8, 4) is 11.5 Å². The molecule has 0 radical (unpaired) electrons. The molecule has 0 aliphatic carbocycles. The smallest absolute Gasteiger partial charge is 0.131 e. The van der Waals surface area contributed by atoms with Gasteiger partial charge in [-0.25, -0.2) is 0 Å². The van der Waals surface area contributed by atoms with E-state index in [0.717, 1.165) is 5.56 Å². The molecule has 1 aromatic rings. The number of hydrogen-bond acceptors (Lipinski definition) is 4. The van der Waals surface area contributed by atoms with Crippen LogP contribution >= 0.6 is 0 Å². The molecule has 0 atom stereocenters. The van der Waals surface area contributed by atoms with E-state index in [1.54, 1.807) is 6.92 Å². The standard InChI is InChI=1S/C10H12O4/c1-6-4-7(10(11)12)9(14-3)5-8(6)13-2/h4-5H,1-3H3,(H,11,12)/p-1. The molecule has 0 aliphatic heterocycles. The number of carbonyl (C=O) groups excluding carboxylic acids is 1. The maximum absolute atomic E-state index is 10.7. The van der Waals surface area contributed by atoms with Crippen LogP contribution in [0.5, 0.6) is 11.5 Å². The van der Waals surface area contributed by atoms with Gasteiger partial charge in [0.2, 0.25) is 0 Å². The zero-order valence-corrected chi connectivity index (χ0v) is 8.29. The zero-order valence-electron chi connectivity index (χ0n) is 8.29. The summed E-state index contributed by atoms with van der Waals surface area (Å²) in [5.74, 6) is -0.424. The highest BCUT2D eigenvalue weighted by Gasteiger charge is 2.08. The SMILES string of the molecule is COc1cc(OC)c(C(=O)[O-])cc1C. The highest BCUT2D eigenvalue weighted by Crippen LogP contribution is 2.27. The summed E-state index contributed by atoms with van der Waals surface area (Å²) in [6.07, 6.45) is 0. The van der Waals surface area contributed by atoms with Crippen molar-refractivity contribution in [3.05, 3.63) is 23.3 Å². The third-order valence-electron chi connectivity index (χ3n) is 1.94. The highest BCUT2D eigenvalue weighted by atomic mass is 16.5. The van der Waals surface area contributed by atoms with Crippen LogP contribution in [-0.4, -0.2) is 20.2 Å². The molecule has 0 saturated carbocycles. The minimum atomic E-state index is -1.26. The zero-order chi connectivity index (χ0) is 10.7. The summed E-state index contributed by atoms with van der Waals surface area (Å²) in [5, 5.41) is 10.7. The van der Waals surface area contributed by atoms with E-state index in [9.17, 15) is 9.90 Å². The number of carbonyl (C=O) groups is 1. The molecule has 1 rings (SSSR count). The van der Waals surface area contributed by atoms with Gasteiger partial charge in [-0.2, -0.15) is 0 Å². The first kappa shape index (κ1) is 10.4. The first-order valence-electron chi connectivity index (χ1n) is 4.04. The van der Waals surface area contributed by atoms with Gasteiger partial charge in [-0.15, -0.1) is 0 Å². The maximum Gasteiger partial charge on any atom is 0.131 e. The van der Waals surface area contributed by atoms with Gasteiger partial charge in [0.25, 0.3) is 0 Å². The molecule has 0 unspecified atom stereocenters. The van der Waals surface area contributed by atoms with Gasteiger partial charge in [-0.05, 0) is 18.6 Å². The molecule has 4 heteroatoms. The Hall–Kier alpha value is -1.71. The Labute approximate surface area is 82.1 Å². The number of benzene rings is 1. The Balaban J connectivity index is 3.31. The molecule has 0 amide bonds. The Morgan fingerprint density at radius 3 is 2.21 bits per heavy atom. The van der Waals surface area contributed by atoms with Crippen LogP contribution in [0.3, 0.4) is 0 Å². The van der Waals surface area contributed by atoms with Crippen molar-refractivity contribution in [1.82, 2.24) is 0 Å². The summed E-state index contributed by atoms with van der Waals surface area (Å²) in [5.41, 5.74) is 0.762. The normalized spacial score (nSPS) is 9.64. The van der Waals surface area contributed by atoms with Crippen molar-refractivity contribution in [2.24, 2.45) is 0 Å². The third-order valence-corrected chi connectivity index (χ3v) is 1.94. The van der Waals surface area contributed by atoms with Gasteiger partial charge in [0.05, 0.1) is 20.2 Å². The van der Waals surface area contributed by atoms with Crippen LogP contribution in [0.25, 0.3) is 0 Å². The molecule has 0 N–H and O–H groups in total. The first-order valence-corrected chi connectivity index (χ1v) is 4.04. The fourth-order valence-corrected chi connectivity index (χ4v) is 1.22. The Morgan fingerprint density at radius 2 is 1.79 bits per heavy atom. The number of rotatable bonds is 3. The number of aryl methyl sites for hydroxylation is 1. The second kappa shape index (κ2) is 4.00. The maximum atomic E-state index is 10.7. The summed E-state index contributed by atoms with van der Waals surface area (Å²) in [6.45, 7) is 1.75. The van der Waals surface area contributed by atoms with Crippen LogP contribution in [-0.2, 0) is 0 Å². The minimum Gasteiger partial charge on any atom is -0.545 e. The minimum absolute atomic E-state index is 0.0331. The molecule has 4 nitrogen and oxygen atoms in total. The number of hydrogen-bond donors (Lipinski definition) is 0. The average molecular weight is 195 g/mol. The van der Waals surface area contributed by atoms with Crippen LogP contribution in [0.4, 0.5) is 0 Å². The largest absolute Gasteiger partial charge is 0.545 e. The number of ether oxygens (including phenoxy) is 2. The monoisotopic (exact) mass is 195 g/mol. The fraction of sp³-hybridized carbons (Fsp3) is 0.300. The van der Waals surface area contributed by atoms with Crippen molar-refractivity contribution >= 4 is 5.97 Å². The van der Waals surface area contributed by atoms with Crippen LogP contribution in [0.2, 0.25) is 0 Å². The topological polar surface area (TPSA) is 58.6 Å². The van der Waals surface area contributed by atoms with Gasteiger partial charge >= 0.3 is 0 Å². The summed E-state index contributed by atoms with van der Waals surface area (Å²) in [7, 11) is 2.91. The van der Waals surface area contributed by atoms with Crippen molar-refractivity contribution in [2.75, 3.05) is 14.2 Å². The molecule has 0 heterocycles. The molecule has 0 saturated heterocycles. The molecule has 0 aromatic heterocycles. The lowest BCUT2D eigenvalue weighted by atomic mass is 10.1. The van der Waals surface area contributed by atoms with E-state index >= 15 is 0 Å². The number of carboxylic acid groups (broad SMARTS) is 1. The number of methoxy groups -OCH3 is 2. The molecular weight excluding hydrogens is 184 g/mol. The Kier molecular flexibility index (Phi) is 2.96. The molecule has 1 aromatic carbocycles. The van der Waals surface area contributed by atoms with Gasteiger partial charge in [-0.3, -0.25) is 0 Å². The van der Waals surface area contributed by atoms with E-state index < -0.39 is 5.97 Å². The van der Waals surface area contributed by atoms with E-state index in [0.29, 0.717) is 5.75 Å². The summed E-state index contributed by atoms with van der Waals surface area (Å²) in [6, 6.07) is 2.99. The van der Waals surface area contributed by atoms with E-state index in [-0.39, 0.29) is 11.3 Å². The van der Waals surface area contributed by atoms with E-state index in [1.807, 2.05) is 0 Å². The number of aromatic carboxylic acids is 1. The second-order valence-corrected chi connectivity index (χ2v) is 2.81. The lowest BCUT2D eigenvalue weighted by Gasteiger charge is -2.13. The first-order chi connectivity index (χ1) is 6.60.